The van der Waals surface area contributed by atoms with Crippen LogP contribution in [-0.4, -0.2) is 55.6 Å². The average molecular weight is 572 g/mol. The third kappa shape index (κ3) is 5.70. The van der Waals surface area contributed by atoms with E-state index in [0.29, 0.717) is 24.6 Å². The fourth-order valence-corrected chi connectivity index (χ4v) is 6.54. The van der Waals surface area contributed by atoms with Gasteiger partial charge >= 0.3 is 17.9 Å². The van der Waals surface area contributed by atoms with Crippen LogP contribution >= 0.6 is 0 Å². The van der Waals surface area contributed by atoms with E-state index in [1.165, 1.54) is 0 Å². The number of benzene rings is 1. The van der Waals surface area contributed by atoms with E-state index in [0.717, 1.165) is 68.4 Å². The van der Waals surface area contributed by atoms with Crippen molar-refractivity contribution >= 4 is 11.9 Å². The lowest BCUT2D eigenvalue weighted by Gasteiger charge is -2.52. The number of aromatic nitrogens is 4. The van der Waals surface area contributed by atoms with Gasteiger partial charge in [0, 0.05) is 37.3 Å². The van der Waals surface area contributed by atoms with Gasteiger partial charge in [0.1, 0.15) is 5.97 Å². The van der Waals surface area contributed by atoms with Gasteiger partial charge in [-0.1, -0.05) is 43.2 Å². The second-order valence-electron chi connectivity index (χ2n) is 10.8. The van der Waals surface area contributed by atoms with E-state index in [2.05, 4.69) is 19.5 Å². The summed E-state index contributed by atoms with van der Waals surface area (Å²) in [5.74, 6) is -1.65. The Hall–Kier alpha value is -3.80. The van der Waals surface area contributed by atoms with Crippen LogP contribution < -0.4 is 9.67 Å². The number of piperidine rings is 1. The summed E-state index contributed by atoms with van der Waals surface area (Å²) in [5.41, 5.74) is 2.09. The Labute approximate surface area is 235 Å². The molecule has 0 spiro atoms. The Morgan fingerprint density at radius 1 is 1.05 bits per heavy atom. The number of nitrogens with zero attached hydrogens (tertiary/aromatic N) is 4. The number of carboxylic acids is 1. The number of aromatic amines is 1. The maximum absolute atomic E-state index is 14.1. The summed E-state index contributed by atoms with van der Waals surface area (Å²) in [6.45, 7) is 1.38. The quantitative estimate of drug-likeness (QED) is 0.466. The molecule has 2 fully saturated rings. The summed E-state index contributed by atoms with van der Waals surface area (Å²) in [6.07, 6.45) is 6.00. The van der Waals surface area contributed by atoms with E-state index >= 15 is 0 Å². The number of H-pyrrole nitrogens is 1. The number of nitrogens with one attached hydrogen (secondary N) is 1. The molecule has 41 heavy (non-hydrogen) atoms. The van der Waals surface area contributed by atoms with Crippen molar-refractivity contribution in [3.63, 3.8) is 0 Å². The lowest BCUT2D eigenvalue weighted by atomic mass is 9.66. The normalized spacial score (nSPS) is 24.0. The van der Waals surface area contributed by atoms with Gasteiger partial charge in [-0.3, -0.25) is 4.79 Å². The van der Waals surface area contributed by atoms with E-state index in [1.807, 2.05) is 41.3 Å². The van der Waals surface area contributed by atoms with Crippen molar-refractivity contribution in [2.45, 2.75) is 75.7 Å². The zero-order valence-corrected chi connectivity index (χ0v) is 22.4. The molecule has 3 aliphatic rings. The van der Waals surface area contributed by atoms with Crippen LogP contribution in [0.4, 0.5) is 13.2 Å². The fourth-order valence-electron chi connectivity index (χ4n) is 6.54. The van der Waals surface area contributed by atoms with Gasteiger partial charge in [0.05, 0.1) is 12.1 Å². The van der Waals surface area contributed by atoms with E-state index in [-0.39, 0.29) is 17.9 Å². The topological polar surface area (TPSA) is 126 Å². The number of hydrogen-bond acceptors (Lipinski definition) is 6. The van der Waals surface area contributed by atoms with E-state index in [1.54, 1.807) is 12.4 Å². The van der Waals surface area contributed by atoms with Crippen molar-refractivity contribution in [1.82, 2.24) is 19.9 Å². The first-order valence-electron chi connectivity index (χ1n) is 13.9. The molecule has 12 heteroatoms. The standard InChI is InChI=1S/C27H31N5O2.C2HF3O2/c33-26(25-30-23(24-28-15-8-16-29-24)22-13-6-7-17-31(22)25)32-18-14-27(34,19-9-2-1-3-10-19)20-11-4-5-12-21(20)32;3-2(4,5)1(6)7/h1-3,8-10,15-16,20-21,34H,4-7,11-14,17-18H2;(H,6,7)/t20-,21+,27-;/m0./s1. The zero-order valence-electron chi connectivity index (χ0n) is 22.4. The van der Waals surface area contributed by atoms with Crippen molar-refractivity contribution < 1.29 is 37.5 Å². The Morgan fingerprint density at radius 3 is 2.41 bits per heavy atom. The number of carbonyl (C=O) groups excluding carboxylic acids is 2. The second kappa shape index (κ2) is 11.6. The van der Waals surface area contributed by atoms with Gasteiger partial charge in [-0.2, -0.15) is 13.2 Å². The van der Waals surface area contributed by atoms with Crippen LogP contribution in [0.25, 0.3) is 11.5 Å². The minimum Gasteiger partial charge on any atom is -0.542 e. The number of rotatable bonds is 3. The molecular weight excluding hydrogens is 539 g/mol. The first-order chi connectivity index (χ1) is 19.6. The SMILES string of the molecule is O=C([O-])C(F)(F)F.O=C(c1[nH]c(-c2ncccn2)c2[n+]1CCCC2)N1CC[C@](O)(c2ccccc2)[C@H]2CCCC[C@H]21. The van der Waals surface area contributed by atoms with Gasteiger partial charge in [0.25, 0.3) is 0 Å². The smallest absolute Gasteiger partial charge is 0.430 e. The predicted octanol–water partition coefficient (Wildman–Crippen LogP) is 2.69. The molecule has 6 rings (SSSR count). The number of halogens is 3. The number of hydrogen-bond donors (Lipinski definition) is 2. The summed E-state index contributed by atoms with van der Waals surface area (Å²) < 4.78 is 33.7. The molecule has 1 saturated heterocycles. The number of fused-ring (bicyclic) bond motifs is 2. The van der Waals surface area contributed by atoms with Crippen molar-refractivity contribution in [3.05, 3.63) is 65.9 Å². The van der Waals surface area contributed by atoms with Gasteiger partial charge in [-0.15, -0.1) is 0 Å². The van der Waals surface area contributed by atoms with Crippen molar-refractivity contribution in [2.24, 2.45) is 5.92 Å². The highest BCUT2D eigenvalue weighted by atomic mass is 19.4. The predicted molar refractivity (Wildman–Crippen MR) is 138 cm³/mol. The molecule has 0 radical (unpaired) electrons. The van der Waals surface area contributed by atoms with Crippen LogP contribution in [-0.2, 0) is 23.4 Å². The monoisotopic (exact) mass is 571 g/mol. The lowest BCUT2D eigenvalue weighted by Crippen LogP contribution is -2.60. The summed E-state index contributed by atoms with van der Waals surface area (Å²) >= 11 is 0. The molecule has 3 aromatic rings. The van der Waals surface area contributed by atoms with E-state index in [4.69, 9.17) is 9.90 Å². The minimum atomic E-state index is -5.19. The van der Waals surface area contributed by atoms with Gasteiger partial charge in [0.2, 0.25) is 11.5 Å². The highest BCUT2D eigenvalue weighted by molar-refractivity contribution is 5.90. The number of aliphatic carboxylic acids is 1. The lowest BCUT2D eigenvalue weighted by molar-refractivity contribution is -0.709. The van der Waals surface area contributed by atoms with Crippen LogP contribution in [0.2, 0.25) is 0 Å². The first-order valence-corrected chi connectivity index (χ1v) is 13.9. The number of alkyl halides is 3. The second-order valence-corrected chi connectivity index (χ2v) is 10.8. The Kier molecular flexibility index (Phi) is 8.12. The highest BCUT2D eigenvalue weighted by Crippen LogP contribution is 2.47. The molecule has 2 aliphatic heterocycles. The van der Waals surface area contributed by atoms with Crippen LogP contribution in [0.15, 0.2) is 48.8 Å². The third-order valence-corrected chi connectivity index (χ3v) is 8.41. The third-order valence-electron chi connectivity index (χ3n) is 8.41. The maximum atomic E-state index is 14.1. The minimum absolute atomic E-state index is 0.0392. The van der Waals surface area contributed by atoms with Crippen molar-refractivity contribution in [1.29, 1.82) is 0 Å². The maximum Gasteiger partial charge on any atom is 0.430 e. The summed E-state index contributed by atoms with van der Waals surface area (Å²) in [6, 6.07) is 11.9. The van der Waals surface area contributed by atoms with Gasteiger partial charge in [0.15, 0.2) is 5.69 Å². The molecule has 0 bridgehead atoms. The molecule has 9 nitrogen and oxygen atoms in total. The molecule has 3 atom stereocenters. The molecule has 1 aromatic carbocycles. The number of carbonyl (C=O) groups is 2. The van der Waals surface area contributed by atoms with Gasteiger partial charge in [-0.05, 0) is 43.7 Å². The Bertz CT molecular complexity index is 1380. The zero-order chi connectivity index (χ0) is 29.2. The number of aliphatic hydroxyl groups is 1. The molecule has 218 valence electrons. The van der Waals surface area contributed by atoms with Crippen LogP contribution in [0.1, 0.15) is 66.8 Å². The molecule has 4 heterocycles. The summed E-state index contributed by atoms with van der Waals surface area (Å²) in [5, 5.41) is 20.7. The molecule has 1 amide bonds. The number of imidazole rings is 1. The summed E-state index contributed by atoms with van der Waals surface area (Å²) in [7, 11) is 0. The van der Waals surface area contributed by atoms with Gasteiger partial charge < -0.3 is 19.9 Å². The van der Waals surface area contributed by atoms with Crippen molar-refractivity contribution in [2.75, 3.05) is 6.54 Å². The first kappa shape index (κ1) is 28.7. The number of likely N-dealkylation sites (tertiary alicyclic amines) is 1. The molecule has 2 N–H and O–H groups in total. The molecule has 1 saturated carbocycles. The Morgan fingerprint density at radius 2 is 1.73 bits per heavy atom. The highest BCUT2D eigenvalue weighted by Gasteiger charge is 2.51. The molecule has 2 aromatic heterocycles. The molecule has 0 unspecified atom stereocenters. The molecule has 1 aliphatic carbocycles. The molecular formula is C29H32F3N5O4. The number of carboxylic acid groups (broad SMARTS) is 1. The summed E-state index contributed by atoms with van der Waals surface area (Å²) in [4.78, 5) is 37.2. The fraction of sp³-hybridized carbons (Fsp3) is 0.483. The van der Waals surface area contributed by atoms with Crippen LogP contribution in [0.5, 0.6) is 0 Å². The van der Waals surface area contributed by atoms with Gasteiger partial charge in [-0.25, -0.2) is 19.5 Å². The van der Waals surface area contributed by atoms with E-state index in [9.17, 15) is 23.1 Å². The van der Waals surface area contributed by atoms with Crippen LogP contribution in [0, 0.1) is 5.92 Å². The van der Waals surface area contributed by atoms with E-state index < -0.39 is 17.7 Å². The Balaban J connectivity index is 0.000000431. The average Bonchev–Trinajstić information content (AvgIpc) is 3.38. The largest absolute Gasteiger partial charge is 0.542 e. The van der Waals surface area contributed by atoms with Crippen molar-refractivity contribution in [3.8, 4) is 11.5 Å². The van der Waals surface area contributed by atoms with Crippen LogP contribution in [0.3, 0.4) is 0 Å². The number of amides is 1.